The molecule has 1 N–H and O–H groups in total. The number of carbonyl (C=O) groups is 1. The first-order chi connectivity index (χ1) is 15.2. The molecule has 7 heteroatoms. The number of hydrogen-bond donors (Lipinski definition) is 1. The molecule has 2 saturated heterocycles. The van der Waals surface area contributed by atoms with Crippen LogP contribution in [0, 0.1) is 0 Å². The van der Waals surface area contributed by atoms with Gasteiger partial charge in [0.1, 0.15) is 11.6 Å². The first-order valence-corrected chi connectivity index (χ1v) is 11.3. The minimum Gasteiger partial charge on any atom is -0.455 e. The first kappa shape index (κ1) is 20.0. The van der Waals surface area contributed by atoms with E-state index in [0.29, 0.717) is 35.6 Å². The summed E-state index contributed by atoms with van der Waals surface area (Å²) in [7, 11) is 0. The Bertz CT molecular complexity index is 1130. The SMILES string of the molecule is O=C(c1ccc(CN2CCCCC2)o1)N1CCC[C@H](c2nc3ccccc3c(=O)[nH]2)C1. The fourth-order valence-corrected chi connectivity index (χ4v) is 4.75. The Balaban J connectivity index is 1.29. The monoisotopic (exact) mass is 420 g/mol. The lowest BCUT2D eigenvalue weighted by atomic mass is 9.96. The zero-order valence-corrected chi connectivity index (χ0v) is 17.7. The molecule has 1 aromatic carbocycles. The third kappa shape index (κ3) is 4.28. The molecule has 162 valence electrons. The van der Waals surface area contributed by atoms with Gasteiger partial charge in [0.2, 0.25) is 0 Å². The van der Waals surface area contributed by atoms with Crippen molar-refractivity contribution in [3.63, 3.8) is 0 Å². The van der Waals surface area contributed by atoms with Crippen molar-refractivity contribution in [2.75, 3.05) is 26.2 Å². The molecule has 2 aliphatic rings. The van der Waals surface area contributed by atoms with Gasteiger partial charge in [-0.2, -0.15) is 0 Å². The molecule has 3 aromatic rings. The minimum atomic E-state index is -0.127. The zero-order chi connectivity index (χ0) is 21.2. The van der Waals surface area contributed by atoms with Gasteiger partial charge >= 0.3 is 0 Å². The fraction of sp³-hybridized carbons (Fsp3) is 0.458. The molecular weight excluding hydrogens is 392 g/mol. The summed E-state index contributed by atoms with van der Waals surface area (Å²) in [5.74, 6) is 1.83. The van der Waals surface area contributed by atoms with Gasteiger partial charge in [0.05, 0.1) is 17.4 Å². The third-order valence-corrected chi connectivity index (χ3v) is 6.43. The zero-order valence-electron chi connectivity index (χ0n) is 17.7. The summed E-state index contributed by atoms with van der Waals surface area (Å²) in [6, 6.07) is 11.1. The summed E-state index contributed by atoms with van der Waals surface area (Å²) < 4.78 is 5.91. The van der Waals surface area contributed by atoms with Crippen LogP contribution in [0.25, 0.3) is 10.9 Å². The number of aromatic nitrogens is 2. The quantitative estimate of drug-likeness (QED) is 0.698. The second-order valence-electron chi connectivity index (χ2n) is 8.66. The molecular formula is C24H28N4O3. The van der Waals surface area contributed by atoms with Gasteiger partial charge in [-0.3, -0.25) is 14.5 Å². The van der Waals surface area contributed by atoms with E-state index in [1.54, 1.807) is 12.1 Å². The predicted octanol–water partition coefficient (Wildman–Crippen LogP) is 3.52. The summed E-state index contributed by atoms with van der Waals surface area (Å²) >= 11 is 0. The molecule has 0 spiro atoms. The first-order valence-electron chi connectivity index (χ1n) is 11.3. The lowest BCUT2D eigenvalue weighted by Gasteiger charge is -2.31. The molecule has 0 bridgehead atoms. The van der Waals surface area contributed by atoms with E-state index in [1.807, 2.05) is 29.2 Å². The molecule has 4 heterocycles. The standard InChI is InChI=1S/C24H28N4O3/c29-23-19-8-2-3-9-20(19)25-22(26-23)17-7-6-14-28(15-17)24(30)21-11-10-18(31-21)16-27-12-4-1-5-13-27/h2-3,8-11,17H,1,4-7,12-16H2,(H,25,26,29)/t17-/m0/s1. The van der Waals surface area contributed by atoms with E-state index >= 15 is 0 Å². The largest absolute Gasteiger partial charge is 0.455 e. The van der Waals surface area contributed by atoms with Crippen LogP contribution in [0.15, 0.2) is 45.6 Å². The number of furan rings is 1. The molecule has 2 aliphatic heterocycles. The van der Waals surface area contributed by atoms with Gasteiger partial charge in [-0.25, -0.2) is 4.98 Å². The van der Waals surface area contributed by atoms with Crippen molar-refractivity contribution in [1.29, 1.82) is 0 Å². The highest BCUT2D eigenvalue weighted by Crippen LogP contribution is 2.26. The second kappa shape index (κ2) is 8.67. The lowest BCUT2D eigenvalue weighted by molar-refractivity contribution is 0.0668. The maximum atomic E-state index is 13.1. The van der Waals surface area contributed by atoms with Gasteiger partial charge in [-0.05, 0) is 63.0 Å². The van der Waals surface area contributed by atoms with Crippen LogP contribution in [-0.2, 0) is 6.54 Å². The molecule has 2 fully saturated rings. The van der Waals surface area contributed by atoms with E-state index in [9.17, 15) is 9.59 Å². The number of piperidine rings is 2. The van der Waals surface area contributed by atoms with E-state index < -0.39 is 0 Å². The van der Waals surface area contributed by atoms with Crippen LogP contribution in [0.5, 0.6) is 0 Å². The Morgan fingerprint density at radius 2 is 1.90 bits per heavy atom. The van der Waals surface area contributed by atoms with Gasteiger partial charge in [0.25, 0.3) is 11.5 Å². The van der Waals surface area contributed by atoms with E-state index in [4.69, 9.17) is 4.42 Å². The number of rotatable bonds is 4. The molecule has 1 amide bonds. The summed E-state index contributed by atoms with van der Waals surface area (Å²) in [6.45, 7) is 4.17. The minimum absolute atomic E-state index is 0.0118. The fourth-order valence-electron chi connectivity index (χ4n) is 4.75. The summed E-state index contributed by atoms with van der Waals surface area (Å²) in [6.07, 6.45) is 5.52. The number of likely N-dealkylation sites (tertiary alicyclic amines) is 2. The third-order valence-electron chi connectivity index (χ3n) is 6.43. The van der Waals surface area contributed by atoms with Gasteiger partial charge in [0, 0.05) is 19.0 Å². The van der Waals surface area contributed by atoms with Gasteiger partial charge in [0.15, 0.2) is 5.76 Å². The smallest absolute Gasteiger partial charge is 0.289 e. The van der Waals surface area contributed by atoms with Crippen LogP contribution >= 0.6 is 0 Å². The van der Waals surface area contributed by atoms with E-state index in [-0.39, 0.29) is 17.4 Å². The maximum Gasteiger partial charge on any atom is 0.289 e. The van der Waals surface area contributed by atoms with Crippen molar-refractivity contribution in [3.8, 4) is 0 Å². The summed E-state index contributed by atoms with van der Waals surface area (Å²) in [5, 5.41) is 0.590. The van der Waals surface area contributed by atoms with Crippen molar-refractivity contribution >= 4 is 16.8 Å². The number of aromatic amines is 1. The Morgan fingerprint density at radius 3 is 2.77 bits per heavy atom. The van der Waals surface area contributed by atoms with Crippen LogP contribution in [0.4, 0.5) is 0 Å². The van der Waals surface area contributed by atoms with Crippen LogP contribution in [0.1, 0.15) is 60.2 Å². The highest BCUT2D eigenvalue weighted by molar-refractivity contribution is 5.91. The molecule has 7 nitrogen and oxygen atoms in total. The Labute approximate surface area is 181 Å². The summed E-state index contributed by atoms with van der Waals surface area (Å²) in [4.78, 5) is 37.4. The van der Waals surface area contributed by atoms with Crippen molar-refractivity contribution in [3.05, 3.63) is 64.1 Å². The molecule has 0 saturated carbocycles. The Morgan fingerprint density at radius 1 is 1.06 bits per heavy atom. The average molecular weight is 421 g/mol. The number of para-hydroxylation sites is 1. The normalized spacial score (nSPS) is 20.3. The number of carbonyl (C=O) groups excluding carboxylic acids is 1. The molecule has 31 heavy (non-hydrogen) atoms. The topological polar surface area (TPSA) is 82.4 Å². The number of fused-ring (bicyclic) bond motifs is 1. The highest BCUT2D eigenvalue weighted by atomic mass is 16.4. The van der Waals surface area contributed by atoms with Crippen LogP contribution in [0.3, 0.4) is 0 Å². The van der Waals surface area contributed by atoms with Crippen LogP contribution < -0.4 is 5.56 Å². The van der Waals surface area contributed by atoms with E-state index in [1.165, 1.54) is 19.3 Å². The van der Waals surface area contributed by atoms with E-state index in [2.05, 4.69) is 14.9 Å². The molecule has 1 atom stereocenters. The number of amides is 1. The highest BCUT2D eigenvalue weighted by Gasteiger charge is 2.29. The van der Waals surface area contributed by atoms with E-state index in [0.717, 1.165) is 38.2 Å². The Hall–Kier alpha value is -2.93. The molecule has 5 rings (SSSR count). The summed E-state index contributed by atoms with van der Waals surface area (Å²) in [5.41, 5.74) is 0.565. The predicted molar refractivity (Wildman–Crippen MR) is 118 cm³/mol. The van der Waals surface area contributed by atoms with Gasteiger partial charge in [-0.1, -0.05) is 18.6 Å². The molecule has 0 aliphatic carbocycles. The van der Waals surface area contributed by atoms with Crippen molar-refractivity contribution in [2.45, 2.75) is 44.6 Å². The lowest BCUT2D eigenvalue weighted by Crippen LogP contribution is -2.39. The number of benzene rings is 1. The van der Waals surface area contributed by atoms with Gasteiger partial charge < -0.3 is 14.3 Å². The molecule has 0 unspecified atom stereocenters. The number of hydrogen-bond acceptors (Lipinski definition) is 5. The van der Waals surface area contributed by atoms with Crippen molar-refractivity contribution < 1.29 is 9.21 Å². The number of nitrogens with zero attached hydrogens (tertiary/aromatic N) is 3. The molecule has 0 radical (unpaired) electrons. The van der Waals surface area contributed by atoms with Crippen molar-refractivity contribution in [1.82, 2.24) is 19.8 Å². The number of H-pyrrole nitrogens is 1. The average Bonchev–Trinajstić information content (AvgIpc) is 3.28. The maximum absolute atomic E-state index is 13.1. The number of nitrogens with one attached hydrogen (secondary N) is 1. The molecule has 2 aromatic heterocycles. The van der Waals surface area contributed by atoms with Crippen molar-refractivity contribution in [2.24, 2.45) is 0 Å². The second-order valence-corrected chi connectivity index (χ2v) is 8.66. The van der Waals surface area contributed by atoms with Crippen LogP contribution in [0.2, 0.25) is 0 Å². The van der Waals surface area contributed by atoms with Crippen LogP contribution in [-0.4, -0.2) is 51.9 Å². The Kier molecular flexibility index (Phi) is 5.59. The van der Waals surface area contributed by atoms with Gasteiger partial charge in [-0.15, -0.1) is 0 Å².